The molecule has 1 fully saturated rings. The minimum absolute atomic E-state index is 0.0101. The van der Waals surface area contributed by atoms with Gasteiger partial charge in [-0.2, -0.15) is 0 Å². The standard InChI is InChI=1S/C15H15BrClN3O/c16-11-4-5-12(17)15-10(11)3-6-13(20-15)18-8-14(21)19-7-9-1-2-9/h3-6,9H,1-2,7-8H2,(H,18,20)(H,19,21). The van der Waals surface area contributed by atoms with E-state index in [0.717, 1.165) is 21.9 Å². The zero-order chi connectivity index (χ0) is 14.8. The van der Waals surface area contributed by atoms with Gasteiger partial charge in [0.15, 0.2) is 0 Å². The van der Waals surface area contributed by atoms with Gasteiger partial charge in [-0.05, 0) is 43.0 Å². The summed E-state index contributed by atoms with van der Waals surface area (Å²) < 4.78 is 0.947. The van der Waals surface area contributed by atoms with E-state index in [1.54, 1.807) is 6.07 Å². The summed E-state index contributed by atoms with van der Waals surface area (Å²) in [6.07, 6.45) is 2.46. The van der Waals surface area contributed by atoms with E-state index in [-0.39, 0.29) is 12.5 Å². The summed E-state index contributed by atoms with van der Waals surface area (Å²) >= 11 is 9.64. The van der Waals surface area contributed by atoms with Crippen LogP contribution in [0.5, 0.6) is 0 Å². The fourth-order valence-electron chi connectivity index (χ4n) is 2.06. The molecule has 0 aliphatic heterocycles. The van der Waals surface area contributed by atoms with E-state index >= 15 is 0 Å². The highest BCUT2D eigenvalue weighted by atomic mass is 79.9. The lowest BCUT2D eigenvalue weighted by atomic mass is 10.2. The molecule has 1 aliphatic rings. The molecule has 1 aromatic carbocycles. The predicted molar refractivity (Wildman–Crippen MR) is 88.7 cm³/mol. The summed E-state index contributed by atoms with van der Waals surface area (Å²) in [4.78, 5) is 16.2. The Morgan fingerprint density at radius 1 is 1.33 bits per heavy atom. The van der Waals surface area contributed by atoms with Gasteiger partial charge in [-0.1, -0.05) is 27.5 Å². The number of benzene rings is 1. The van der Waals surface area contributed by atoms with Crippen LogP contribution in [-0.2, 0) is 4.79 Å². The molecule has 2 aromatic rings. The Morgan fingerprint density at radius 3 is 2.90 bits per heavy atom. The minimum atomic E-state index is -0.0101. The lowest BCUT2D eigenvalue weighted by molar-refractivity contribution is -0.119. The van der Waals surface area contributed by atoms with Crippen molar-refractivity contribution >= 4 is 50.2 Å². The van der Waals surface area contributed by atoms with Crippen LogP contribution in [0.1, 0.15) is 12.8 Å². The van der Waals surface area contributed by atoms with Gasteiger partial charge in [0.25, 0.3) is 0 Å². The van der Waals surface area contributed by atoms with Gasteiger partial charge >= 0.3 is 0 Å². The average molecular weight is 369 g/mol. The predicted octanol–water partition coefficient (Wildman–Crippen LogP) is 3.59. The number of carbonyl (C=O) groups is 1. The zero-order valence-electron chi connectivity index (χ0n) is 11.3. The van der Waals surface area contributed by atoms with Gasteiger partial charge in [0.1, 0.15) is 5.82 Å². The van der Waals surface area contributed by atoms with Crippen molar-refractivity contribution in [3.63, 3.8) is 0 Å². The van der Waals surface area contributed by atoms with Crippen LogP contribution in [0.15, 0.2) is 28.7 Å². The molecule has 0 saturated heterocycles. The van der Waals surface area contributed by atoms with Crippen LogP contribution >= 0.6 is 27.5 Å². The molecule has 0 bridgehead atoms. The van der Waals surface area contributed by atoms with Crippen molar-refractivity contribution in [3.8, 4) is 0 Å². The lowest BCUT2D eigenvalue weighted by Gasteiger charge is -2.09. The number of pyridine rings is 1. The van der Waals surface area contributed by atoms with Crippen molar-refractivity contribution < 1.29 is 4.79 Å². The van der Waals surface area contributed by atoms with Crippen molar-refractivity contribution in [2.45, 2.75) is 12.8 Å². The first-order valence-corrected chi connectivity index (χ1v) is 8.06. The van der Waals surface area contributed by atoms with E-state index < -0.39 is 0 Å². The summed E-state index contributed by atoms with van der Waals surface area (Å²) in [6.45, 7) is 1.00. The van der Waals surface area contributed by atoms with Crippen LogP contribution in [0.25, 0.3) is 10.9 Å². The maximum absolute atomic E-state index is 11.7. The SMILES string of the molecule is O=C(CNc1ccc2c(Br)ccc(Cl)c2n1)NCC1CC1. The number of carbonyl (C=O) groups excluding carboxylic acids is 1. The number of hydrogen-bond acceptors (Lipinski definition) is 3. The molecular weight excluding hydrogens is 354 g/mol. The summed E-state index contributed by atoms with van der Waals surface area (Å²) in [6, 6.07) is 7.47. The van der Waals surface area contributed by atoms with Gasteiger partial charge < -0.3 is 10.6 Å². The second-order valence-electron chi connectivity index (χ2n) is 5.22. The van der Waals surface area contributed by atoms with E-state index in [1.807, 2.05) is 18.2 Å². The highest BCUT2D eigenvalue weighted by Crippen LogP contribution is 2.29. The highest BCUT2D eigenvalue weighted by molar-refractivity contribution is 9.10. The van der Waals surface area contributed by atoms with Crippen LogP contribution in [0.2, 0.25) is 5.02 Å². The third kappa shape index (κ3) is 3.66. The van der Waals surface area contributed by atoms with Gasteiger partial charge in [0.05, 0.1) is 17.1 Å². The average Bonchev–Trinajstić information content (AvgIpc) is 3.31. The fraction of sp³-hybridized carbons (Fsp3) is 0.333. The first-order chi connectivity index (χ1) is 10.1. The lowest BCUT2D eigenvalue weighted by Crippen LogP contribution is -2.31. The number of nitrogens with one attached hydrogen (secondary N) is 2. The molecular formula is C15H15BrClN3O. The second-order valence-corrected chi connectivity index (χ2v) is 6.48. The van der Waals surface area contributed by atoms with Gasteiger partial charge in [0, 0.05) is 16.4 Å². The summed E-state index contributed by atoms with van der Waals surface area (Å²) in [5.74, 6) is 1.32. The Labute approximate surface area is 136 Å². The third-order valence-corrected chi connectivity index (χ3v) is 4.47. The summed E-state index contributed by atoms with van der Waals surface area (Å²) in [7, 11) is 0. The molecule has 1 heterocycles. The fourth-order valence-corrected chi connectivity index (χ4v) is 2.72. The third-order valence-electron chi connectivity index (χ3n) is 3.47. The molecule has 0 radical (unpaired) electrons. The first kappa shape index (κ1) is 14.6. The topological polar surface area (TPSA) is 54.0 Å². The van der Waals surface area contributed by atoms with Crippen LogP contribution in [-0.4, -0.2) is 24.0 Å². The zero-order valence-corrected chi connectivity index (χ0v) is 13.7. The molecule has 1 aliphatic carbocycles. The molecule has 0 atom stereocenters. The van der Waals surface area contributed by atoms with Crippen molar-refractivity contribution in [2.75, 3.05) is 18.4 Å². The normalized spacial score (nSPS) is 14.2. The van der Waals surface area contributed by atoms with Gasteiger partial charge in [0.2, 0.25) is 5.91 Å². The number of hydrogen-bond donors (Lipinski definition) is 2. The number of aromatic nitrogens is 1. The Morgan fingerprint density at radius 2 is 2.14 bits per heavy atom. The largest absolute Gasteiger partial charge is 0.361 e. The van der Waals surface area contributed by atoms with E-state index in [0.29, 0.717) is 16.8 Å². The summed E-state index contributed by atoms with van der Waals surface area (Å²) in [5.41, 5.74) is 0.717. The molecule has 1 aromatic heterocycles. The second kappa shape index (κ2) is 6.20. The molecule has 6 heteroatoms. The molecule has 0 spiro atoms. The maximum atomic E-state index is 11.7. The van der Waals surface area contributed by atoms with Gasteiger partial charge in [-0.25, -0.2) is 4.98 Å². The smallest absolute Gasteiger partial charge is 0.239 e. The van der Waals surface area contributed by atoms with Crippen molar-refractivity contribution in [2.24, 2.45) is 5.92 Å². The number of nitrogens with zero attached hydrogens (tertiary/aromatic N) is 1. The van der Waals surface area contributed by atoms with E-state index in [4.69, 9.17) is 11.6 Å². The summed E-state index contributed by atoms with van der Waals surface area (Å²) in [5, 5.41) is 7.48. The van der Waals surface area contributed by atoms with Crippen molar-refractivity contribution in [3.05, 3.63) is 33.8 Å². The van der Waals surface area contributed by atoms with E-state index in [2.05, 4.69) is 31.5 Å². The van der Waals surface area contributed by atoms with E-state index in [1.165, 1.54) is 12.8 Å². The molecule has 1 amide bonds. The Bertz CT molecular complexity index is 688. The number of rotatable bonds is 5. The van der Waals surface area contributed by atoms with Crippen LogP contribution in [0.3, 0.4) is 0 Å². The van der Waals surface area contributed by atoms with Gasteiger partial charge in [-0.15, -0.1) is 0 Å². The minimum Gasteiger partial charge on any atom is -0.361 e. The van der Waals surface area contributed by atoms with Crippen LogP contribution in [0, 0.1) is 5.92 Å². The van der Waals surface area contributed by atoms with E-state index in [9.17, 15) is 4.79 Å². The Balaban J connectivity index is 1.66. The van der Waals surface area contributed by atoms with Crippen molar-refractivity contribution in [1.82, 2.24) is 10.3 Å². The molecule has 2 N–H and O–H groups in total. The number of halogens is 2. The van der Waals surface area contributed by atoms with Crippen LogP contribution < -0.4 is 10.6 Å². The molecule has 0 unspecified atom stereocenters. The van der Waals surface area contributed by atoms with Crippen molar-refractivity contribution in [1.29, 1.82) is 0 Å². The molecule has 21 heavy (non-hydrogen) atoms. The molecule has 4 nitrogen and oxygen atoms in total. The Hall–Kier alpha value is -1.33. The quantitative estimate of drug-likeness (QED) is 0.848. The molecule has 110 valence electrons. The van der Waals surface area contributed by atoms with Crippen LogP contribution in [0.4, 0.5) is 5.82 Å². The highest BCUT2D eigenvalue weighted by Gasteiger charge is 2.21. The monoisotopic (exact) mass is 367 g/mol. The maximum Gasteiger partial charge on any atom is 0.239 e. The van der Waals surface area contributed by atoms with Gasteiger partial charge in [-0.3, -0.25) is 4.79 Å². The number of fused-ring (bicyclic) bond motifs is 1. The number of amides is 1. The molecule has 1 saturated carbocycles. The first-order valence-electron chi connectivity index (χ1n) is 6.89. The Kier molecular flexibility index (Phi) is 4.31. The molecule has 3 rings (SSSR count). The number of anilines is 1.